The van der Waals surface area contributed by atoms with Crippen LogP contribution < -0.4 is 5.32 Å². The van der Waals surface area contributed by atoms with Crippen LogP contribution in [0.5, 0.6) is 0 Å². The molecule has 3 rings (SSSR count). The summed E-state index contributed by atoms with van der Waals surface area (Å²) in [5, 5.41) is 5.98. The molecule has 20 heavy (non-hydrogen) atoms. The fourth-order valence-electron chi connectivity index (χ4n) is 2.87. The van der Waals surface area contributed by atoms with Gasteiger partial charge in [0.05, 0.1) is 6.04 Å². The second kappa shape index (κ2) is 6.46. The van der Waals surface area contributed by atoms with Crippen molar-refractivity contribution in [1.82, 2.24) is 5.32 Å². The van der Waals surface area contributed by atoms with E-state index >= 15 is 0 Å². The van der Waals surface area contributed by atoms with Gasteiger partial charge in [-0.05, 0) is 25.6 Å². The lowest BCUT2D eigenvalue weighted by molar-refractivity contribution is 0.434. The first-order chi connectivity index (χ1) is 9.83. The molecule has 4 heteroatoms. The van der Waals surface area contributed by atoms with E-state index in [1.54, 1.807) is 0 Å². The summed E-state index contributed by atoms with van der Waals surface area (Å²) in [6.07, 6.45) is 1.22. The Morgan fingerprint density at radius 3 is 2.85 bits per heavy atom. The molecular weight excluding hydrogens is 286 g/mol. The van der Waals surface area contributed by atoms with Crippen molar-refractivity contribution in [3.05, 3.63) is 36.1 Å². The van der Waals surface area contributed by atoms with Gasteiger partial charge in [-0.3, -0.25) is 0 Å². The lowest BCUT2D eigenvalue weighted by Gasteiger charge is -2.34. The van der Waals surface area contributed by atoms with Crippen molar-refractivity contribution in [2.75, 3.05) is 18.6 Å². The van der Waals surface area contributed by atoms with Crippen LogP contribution in [0.25, 0.3) is 11.0 Å². The predicted octanol–water partition coefficient (Wildman–Crippen LogP) is 4.32. The molecule has 1 N–H and O–H groups in total. The number of fused-ring (bicyclic) bond motifs is 1. The smallest absolute Gasteiger partial charge is 0.134 e. The van der Waals surface area contributed by atoms with Gasteiger partial charge in [-0.25, -0.2) is 0 Å². The molecule has 0 radical (unpaired) electrons. The summed E-state index contributed by atoms with van der Waals surface area (Å²) in [4.78, 5) is 0. The van der Waals surface area contributed by atoms with E-state index in [0.717, 1.165) is 11.3 Å². The molecule has 0 bridgehead atoms. The number of benzene rings is 1. The van der Waals surface area contributed by atoms with Gasteiger partial charge < -0.3 is 9.73 Å². The molecular formula is C16H21NOS2. The molecule has 1 saturated heterocycles. The first-order valence-electron chi connectivity index (χ1n) is 7.22. The molecule has 3 unspecified atom stereocenters. The Bertz CT molecular complexity index is 535. The number of thioether (sulfide) groups is 2. The van der Waals surface area contributed by atoms with Crippen molar-refractivity contribution >= 4 is 34.5 Å². The maximum Gasteiger partial charge on any atom is 0.134 e. The van der Waals surface area contributed by atoms with Crippen LogP contribution in [0.2, 0.25) is 0 Å². The maximum absolute atomic E-state index is 6.08. The van der Waals surface area contributed by atoms with Gasteiger partial charge in [-0.15, -0.1) is 0 Å². The molecule has 1 aromatic carbocycles. The van der Waals surface area contributed by atoms with Crippen molar-refractivity contribution in [1.29, 1.82) is 0 Å². The zero-order valence-corrected chi connectivity index (χ0v) is 13.6. The van der Waals surface area contributed by atoms with E-state index in [0.29, 0.717) is 16.5 Å². The largest absolute Gasteiger partial charge is 0.459 e. The first-order valence-corrected chi connectivity index (χ1v) is 9.32. The average Bonchev–Trinajstić information content (AvgIpc) is 2.92. The van der Waals surface area contributed by atoms with Gasteiger partial charge in [0.25, 0.3) is 0 Å². The molecule has 2 nitrogen and oxygen atoms in total. The molecule has 3 atom stereocenters. The van der Waals surface area contributed by atoms with E-state index in [4.69, 9.17) is 4.42 Å². The molecule has 2 heterocycles. The molecule has 108 valence electrons. The Kier molecular flexibility index (Phi) is 4.64. The van der Waals surface area contributed by atoms with Gasteiger partial charge in [-0.1, -0.05) is 25.1 Å². The van der Waals surface area contributed by atoms with Crippen LogP contribution in [-0.2, 0) is 0 Å². The van der Waals surface area contributed by atoms with Gasteiger partial charge in [0.15, 0.2) is 0 Å². The monoisotopic (exact) mass is 307 g/mol. The summed E-state index contributed by atoms with van der Waals surface area (Å²) < 4.78 is 6.08. The van der Waals surface area contributed by atoms with Crippen LogP contribution in [0.1, 0.15) is 25.1 Å². The first kappa shape index (κ1) is 14.4. The second-order valence-corrected chi connectivity index (χ2v) is 7.74. The number of hydrogen-bond donors (Lipinski definition) is 1. The molecule has 0 aliphatic carbocycles. The Morgan fingerprint density at radius 1 is 1.30 bits per heavy atom. The molecule has 0 spiro atoms. The Hall–Kier alpha value is -0.580. The van der Waals surface area contributed by atoms with Crippen molar-refractivity contribution < 1.29 is 4.42 Å². The summed E-state index contributed by atoms with van der Waals surface area (Å²) in [6.45, 7) is 2.29. The molecule has 1 aliphatic heterocycles. The molecule has 1 fully saturated rings. The van der Waals surface area contributed by atoms with E-state index in [-0.39, 0.29) is 0 Å². The van der Waals surface area contributed by atoms with Gasteiger partial charge in [0.1, 0.15) is 11.3 Å². The highest BCUT2D eigenvalue weighted by Gasteiger charge is 2.33. The topological polar surface area (TPSA) is 25.2 Å². The van der Waals surface area contributed by atoms with Crippen LogP contribution in [0.4, 0.5) is 0 Å². The van der Waals surface area contributed by atoms with Crippen molar-refractivity contribution in [2.24, 2.45) is 0 Å². The van der Waals surface area contributed by atoms with Crippen molar-refractivity contribution in [2.45, 2.75) is 29.9 Å². The van der Waals surface area contributed by atoms with E-state index in [9.17, 15) is 0 Å². The quantitative estimate of drug-likeness (QED) is 0.909. The number of para-hydroxylation sites is 1. The van der Waals surface area contributed by atoms with Crippen LogP contribution in [0, 0.1) is 0 Å². The van der Waals surface area contributed by atoms with Crippen LogP contribution in [0.3, 0.4) is 0 Å². The zero-order valence-electron chi connectivity index (χ0n) is 12.0. The highest BCUT2D eigenvalue weighted by atomic mass is 32.2. The van der Waals surface area contributed by atoms with Crippen LogP contribution in [-0.4, -0.2) is 29.1 Å². The molecule has 1 aliphatic rings. The molecule has 1 aromatic heterocycles. The van der Waals surface area contributed by atoms with Crippen LogP contribution >= 0.6 is 23.5 Å². The third kappa shape index (κ3) is 2.74. The Labute approximate surface area is 129 Å². The van der Waals surface area contributed by atoms with Gasteiger partial charge in [-0.2, -0.15) is 23.5 Å². The normalized spacial score (nSPS) is 24.9. The summed E-state index contributed by atoms with van der Waals surface area (Å²) in [5.74, 6) is 3.59. The molecule has 2 aromatic rings. The SMILES string of the molecule is CCC1SCCSC1C(NC)c1cc2ccccc2o1. The number of hydrogen-bond acceptors (Lipinski definition) is 4. The highest BCUT2D eigenvalue weighted by molar-refractivity contribution is 8.07. The van der Waals surface area contributed by atoms with Crippen molar-refractivity contribution in [3.63, 3.8) is 0 Å². The molecule has 0 amide bonds. The van der Waals surface area contributed by atoms with Crippen LogP contribution in [0.15, 0.2) is 34.7 Å². The summed E-state index contributed by atoms with van der Waals surface area (Å²) in [6, 6.07) is 10.8. The van der Waals surface area contributed by atoms with Crippen molar-refractivity contribution in [3.8, 4) is 0 Å². The standard InChI is InChI=1S/C16H21NOS2/c1-3-14-16(20-9-8-19-14)15(17-2)13-10-11-6-4-5-7-12(11)18-13/h4-7,10,14-17H,3,8-9H2,1-2H3. The van der Waals surface area contributed by atoms with Gasteiger partial charge in [0.2, 0.25) is 0 Å². The number of furan rings is 1. The van der Waals surface area contributed by atoms with E-state index < -0.39 is 0 Å². The maximum atomic E-state index is 6.08. The fourth-order valence-corrected chi connectivity index (χ4v) is 6.14. The lowest BCUT2D eigenvalue weighted by atomic mass is 10.1. The van der Waals surface area contributed by atoms with E-state index in [1.165, 1.54) is 23.3 Å². The van der Waals surface area contributed by atoms with Gasteiger partial charge in [0, 0.05) is 27.4 Å². The van der Waals surface area contributed by atoms with Gasteiger partial charge >= 0.3 is 0 Å². The third-order valence-corrected chi connectivity index (χ3v) is 7.24. The predicted molar refractivity (Wildman–Crippen MR) is 90.8 cm³/mol. The summed E-state index contributed by atoms with van der Waals surface area (Å²) >= 11 is 4.20. The minimum Gasteiger partial charge on any atom is -0.459 e. The second-order valence-electron chi connectivity index (χ2n) is 5.11. The fraction of sp³-hybridized carbons (Fsp3) is 0.500. The minimum absolute atomic E-state index is 0.296. The zero-order chi connectivity index (χ0) is 13.9. The Morgan fingerprint density at radius 2 is 2.10 bits per heavy atom. The summed E-state index contributed by atoms with van der Waals surface area (Å²) in [5.41, 5.74) is 0.990. The summed E-state index contributed by atoms with van der Waals surface area (Å²) in [7, 11) is 2.05. The van der Waals surface area contributed by atoms with E-state index in [2.05, 4.69) is 54.0 Å². The highest BCUT2D eigenvalue weighted by Crippen LogP contribution is 2.41. The molecule has 0 saturated carbocycles. The minimum atomic E-state index is 0.296. The number of rotatable bonds is 4. The third-order valence-electron chi connectivity index (χ3n) is 3.89. The number of nitrogens with one attached hydrogen (secondary N) is 1. The Balaban J connectivity index is 1.91. The average molecular weight is 307 g/mol. The van der Waals surface area contributed by atoms with E-state index in [1.807, 2.05) is 19.2 Å². The lowest BCUT2D eigenvalue weighted by Crippen LogP contribution is -2.37.